The fraction of sp³-hybridized carbons (Fsp3) is 0.714. The van der Waals surface area contributed by atoms with Crippen molar-refractivity contribution in [3.63, 3.8) is 0 Å². The van der Waals surface area contributed by atoms with Gasteiger partial charge in [0.25, 0.3) is 0 Å². The molecule has 1 N–H and O–H groups in total. The van der Waals surface area contributed by atoms with Crippen LogP contribution in [-0.4, -0.2) is 53.0 Å². The van der Waals surface area contributed by atoms with E-state index in [1.165, 1.54) is 23.3 Å². The number of likely N-dealkylation sites (tertiary alicyclic amines) is 2. The van der Waals surface area contributed by atoms with Crippen LogP contribution in [0.25, 0.3) is 0 Å². The third kappa shape index (κ3) is 3.66. The van der Waals surface area contributed by atoms with E-state index in [0.29, 0.717) is 12.5 Å². The molecule has 148 valence electrons. The number of amides is 1. The zero-order chi connectivity index (χ0) is 19.0. The Balaban J connectivity index is 1.42. The third-order valence-electron chi connectivity index (χ3n) is 7.13. The van der Waals surface area contributed by atoms with Gasteiger partial charge in [0.1, 0.15) is 0 Å². The maximum Gasteiger partial charge on any atom is 0.308 e. The molecule has 2 aliphatic heterocycles. The van der Waals surface area contributed by atoms with Crippen molar-refractivity contribution in [1.29, 1.82) is 0 Å². The van der Waals surface area contributed by atoms with Crippen molar-refractivity contribution >= 4 is 23.2 Å². The summed E-state index contributed by atoms with van der Waals surface area (Å²) in [5.41, 5.74) is 1.12. The highest BCUT2D eigenvalue weighted by Gasteiger charge is 2.51. The van der Waals surface area contributed by atoms with Crippen molar-refractivity contribution in [3.8, 4) is 0 Å². The van der Waals surface area contributed by atoms with Crippen LogP contribution >= 0.6 is 11.3 Å². The molecule has 0 aromatic carbocycles. The first kappa shape index (κ1) is 18.9. The SMILES string of the molecule is Cc1ccsc1CN1CC(C(=O)O)C2(CCN(C(=O)C3CCCC3)CC2)C1. The van der Waals surface area contributed by atoms with Gasteiger partial charge in [-0.25, -0.2) is 0 Å². The topological polar surface area (TPSA) is 60.9 Å². The van der Waals surface area contributed by atoms with E-state index in [2.05, 4.69) is 23.3 Å². The minimum absolute atomic E-state index is 0.177. The van der Waals surface area contributed by atoms with E-state index in [9.17, 15) is 14.7 Å². The fourth-order valence-electron chi connectivity index (χ4n) is 5.41. The summed E-state index contributed by atoms with van der Waals surface area (Å²) in [6, 6.07) is 2.13. The lowest BCUT2D eigenvalue weighted by molar-refractivity contribution is -0.147. The molecular weight excluding hydrogens is 360 g/mol. The van der Waals surface area contributed by atoms with E-state index < -0.39 is 5.97 Å². The maximum atomic E-state index is 12.7. The molecule has 1 aromatic heterocycles. The van der Waals surface area contributed by atoms with Gasteiger partial charge in [-0.1, -0.05) is 12.8 Å². The second kappa shape index (κ2) is 7.55. The van der Waals surface area contributed by atoms with Gasteiger partial charge in [0, 0.05) is 48.9 Å². The maximum absolute atomic E-state index is 12.7. The van der Waals surface area contributed by atoms with Crippen LogP contribution in [0.3, 0.4) is 0 Å². The van der Waals surface area contributed by atoms with E-state index in [0.717, 1.165) is 51.9 Å². The monoisotopic (exact) mass is 390 g/mol. The molecule has 3 heterocycles. The Bertz CT molecular complexity index is 702. The van der Waals surface area contributed by atoms with Gasteiger partial charge in [0.05, 0.1) is 5.92 Å². The number of carbonyl (C=O) groups excluding carboxylic acids is 1. The number of aliphatic carboxylic acids is 1. The van der Waals surface area contributed by atoms with Gasteiger partial charge >= 0.3 is 5.97 Å². The van der Waals surface area contributed by atoms with Gasteiger partial charge in [0.2, 0.25) is 5.91 Å². The lowest BCUT2D eigenvalue weighted by Gasteiger charge is -2.42. The lowest BCUT2D eigenvalue weighted by Crippen LogP contribution is -2.49. The Morgan fingerprint density at radius 2 is 1.96 bits per heavy atom. The number of nitrogens with zero attached hydrogens (tertiary/aromatic N) is 2. The van der Waals surface area contributed by atoms with Crippen molar-refractivity contribution in [2.75, 3.05) is 26.2 Å². The molecule has 3 fully saturated rings. The minimum Gasteiger partial charge on any atom is -0.481 e. The summed E-state index contributed by atoms with van der Waals surface area (Å²) >= 11 is 1.76. The van der Waals surface area contributed by atoms with Gasteiger partial charge < -0.3 is 10.0 Å². The summed E-state index contributed by atoms with van der Waals surface area (Å²) in [6.45, 7) is 5.89. The van der Waals surface area contributed by atoms with Crippen molar-refractivity contribution in [2.24, 2.45) is 17.3 Å². The van der Waals surface area contributed by atoms with Gasteiger partial charge in [-0.05, 0) is 49.6 Å². The Kier molecular flexibility index (Phi) is 5.30. The van der Waals surface area contributed by atoms with Crippen LogP contribution in [0.2, 0.25) is 0 Å². The predicted molar refractivity (Wildman–Crippen MR) is 106 cm³/mol. The molecule has 1 aromatic rings. The molecule has 1 saturated carbocycles. The molecule has 6 heteroatoms. The zero-order valence-electron chi connectivity index (χ0n) is 16.2. The second-order valence-corrected chi connectivity index (χ2v) is 9.76. The molecule has 5 nitrogen and oxygen atoms in total. The summed E-state index contributed by atoms with van der Waals surface area (Å²) in [5, 5.41) is 12.0. The number of hydrogen-bond donors (Lipinski definition) is 1. The Hall–Kier alpha value is -1.40. The van der Waals surface area contributed by atoms with Gasteiger partial charge in [0.15, 0.2) is 0 Å². The summed E-state index contributed by atoms with van der Waals surface area (Å²) < 4.78 is 0. The average molecular weight is 391 g/mol. The Morgan fingerprint density at radius 3 is 2.56 bits per heavy atom. The minimum atomic E-state index is -0.670. The molecule has 1 spiro atoms. The number of rotatable bonds is 4. The van der Waals surface area contributed by atoms with Gasteiger partial charge in [-0.3, -0.25) is 14.5 Å². The van der Waals surface area contributed by atoms with Crippen molar-refractivity contribution < 1.29 is 14.7 Å². The first-order chi connectivity index (χ1) is 13.0. The molecule has 1 amide bonds. The molecule has 0 radical (unpaired) electrons. The highest BCUT2D eigenvalue weighted by Crippen LogP contribution is 2.46. The van der Waals surface area contributed by atoms with Crippen molar-refractivity contribution in [2.45, 2.75) is 52.0 Å². The first-order valence-corrected chi connectivity index (χ1v) is 11.1. The molecule has 1 atom stereocenters. The second-order valence-electron chi connectivity index (χ2n) is 8.76. The number of aryl methyl sites for hydroxylation is 1. The average Bonchev–Trinajstić information content (AvgIpc) is 3.37. The predicted octanol–water partition coefficient (Wildman–Crippen LogP) is 3.37. The number of hydrogen-bond acceptors (Lipinski definition) is 4. The summed E-state index contributed by atoms with van der Waals surface area (Å²) in [7, 11) is 0. The number of piperidine rings is 1. The van der Waals surface area contributed by atoms with Crippen molar-refractivity contribution in [1.82, 2.24) is 9.80 Å². The van der Waals surface area contributed by atoms with Crippen LogP contribution in [-0.2, 0) is 16.1 Å². The van der Waals surface area contributed by atoms with Crippen molar-refractivity contribution in [3.05, 3.63) is 21.9 Å². The van der Waals surface area contributed by atoms with Crippen LogP contribution in [0.4, 0.5) is 0 Å². The first-order valence-electron chi connectivity index (χ1n) is 10.3. The van der Waals surface area contributed by atoms with E-state index in [-0.39, 0.29) is 17.3 Å². The molecule has 1 aliphatic carbocycles. The molecule has 4 rings (SSSR count). The lowest BCUT2D eigenvalue weighted by atomic mass is 9.70. The van der Waals surface area contributed by atoms with Crippen LogP contribution < -0.4 is 0 Å². The van der Waals surface area contributed by atoms with Crippen LogP contribution in [0, 0.1) is 24.2 Å². The summed E-state index contributed by atoms with van der Waals surface area (Å²) in [4.78, 5) is 30.4. The van der Waals surface area contributed by atoms with Gasteiger partial charge in [-0.15, -0.1) is 11.3 Å². The van der Waals surface area contributed by atoms with Crippen LogP contribution in [0.15, 0.2) is 11.4 Å². The molecule has 3 aliphatic rings. The van der Waals surface area contributed by atoms with E-state index in [1.807, 2.05) is 4.90 Å². The largest absolute Gasteiger partial charge is 0.481 e. The molecule has 0 bridgehead atoms. The standard InChI is InChI=1S/C21H30N2O3S/c1-15-6-11-27-18(15)13-22-12-17(20(25)26)21(14-22)7-9-23(10-8-21)19(24)16-4-2-3-5-16/h6,11,16-17H,2-5,7-10,12-14H2,1H3,(H,25,26). The smallest absolute Gasteiger partial charge is 0.308 e. The molecular formula is C21H30N2O3S. The molecule has 1 unspecified atom stereocenters. The number of thiophene rings is 1. The fourth-order valence-corrected chi connectivity index (χ4v) is 6.36. The Labute approximate surface area is 165 Å². The zero-order valence-corrected chi connectivity index (χ0v) is 17.0. The quantitative estimate of drug-likeness (QED) is 0.856. The van der Waals surface area contributed by atoms with E-state index in [1.54, 1.807) is 11.3 Å². The van der Waals surface area contributed by atoms with E-state index >= 15 is 0 Å². The summed E-state index contributed by atoms with van der Waals surface area (Å²) in [6.07, 6.45) is 6.06. The van der Waals surface area contributed by atoms with E-state index in [4.69, 9.17) is 0 Å². The number of carboxylic acids is 1. The normalized spacial score (nSPS) is 26.1. The third-order valence-corrected chi connectivity index (χ3v) is 8.14. The molecule has 27 heavy (non-hydrogen) atoms. The molecule has 2 saturated heterocycles. The van der Waals surface area contributed by atoms with Crippen LogP contribution in [0.5, 0.6) is 0 Å². The highest BCUT2D eigenvalue weighted by atomic mass is 32.1. The van der Waals surface area contributed by atoms with Gasteiger partial charge in [-0.2, -0.15) is 0 Å². The number of carboxylic acid groups (broad SMARTS) is 1. The highest BCUT2D eigenvalue weighted by molar-refractivity contribution is 7.10. The Morgan fingerprint density at radius 1 is 1.26 bits per heavy atom. The van der Waals surface area contributed by atoms with Crippen LogP contribution in [0.1, 0.15) is 49.0 Å². The summed E-state index contributed by atoms with van der Waals surface area (Å²) in [5.74, 6) is -0.452. The number of carbonyl (C=O) groups is 2.